The number of halogens is 6. The Morgan fingerprint density at radius 2 is 1.27 bits per heavy atom. The number of Topliss-reactive ketones (excluding diaryl/α,β-unsaturated/α-hetero) is 1. The van der Waals surface area contributed by atoms with E-state index in [0.29, 0.717) is 4.47 Å². The maximum atomic E-state index is 13.6. The van der Waals surface area contributed by atoms with Crippen molar-refractivity contribution in [3.63, 3.8) is 0 Å². The number of carbonyl (C=O) groups excluding carboxylic acids is 1. The molecule has 0 aromatic heterocycles. The molecule has 2 nitrogen and oxygen atoms in total. The summed E-state index contributed by atoms with van der Waals surface area (Å²) in [4.78, 5) is 11.9. The van der Waals surface area contributed by atoms with E-state index in [9.17, 15) is 31.9 Å². The minimum Gasteiger partial charge on any atom is -0.380 e. The van der Waals surface area contributed by atoms with Crippen molar-refractivity contribution < 1.29 is 31.9 Å². The minimum absolute atomic E-state index is 0.153. The average molecular weight is 381 g/mol. The van der Waals surface area contributed by atoms with Gasteiger partial charge in [-0.25, -0.2) is 22.0 Å². The molecule has 0 bridgehead atoms. The Hall–Kier alpha value is -1.80. The van der Waals surface area contributed by atoms with E-state index in [4.69, 9.17) is 0 Å². The summed E-state index contributed by atoms with van der Waals surface area (Å²) >= 11 is 3.09. The highest BCUT2D eigenvalue weighted by molar-refractivity contribution is 9.10. The van der Waals surface area contributed by atoms with Crippen molar-refractivity contribution in [1.82, 2.24) is 0 Å². The Morgan fingerprint density at radius 1 is 0.864 bits per heavy atom. The molecule has 8 heteroatoms. The Labute approximate surface area is 129 Å². The lowest BCUT2D eigenvalue weighted by atomic mass is 9.98. The number of ketones is 1. The molecular weight excluding hydrogens is 375 g/mol. The first-order valence-electron chi connectivity index (χ1n) is 5.74. The van der Waals surface area contributed by atoms with Gasteiger partial charge in [0.05, 0.1) is 5.56 Å². The van der Waals surface area contributed by atoms with Crippen LogP contribution in [0.1, 0.15) is 22.0 Å². The van der Waals surface area contributed by atoms with Crippen molar-refractivity contribution in [2.45, 2.75) is 6.10 Å². The van der Waals surface area contributed by atoms with E-state index in [-0.39, 0.29) is 5.56 Å². The second-order valence-corrected chi connectivity index (χ2v) is 5.17. The lowest BCUT2D eigenvalue weighted by Crippen LogP contribution is -2.18. The normalized spacial score (nSPS) is 12.3. The van der Waals surface area contributed by atoms with E-state index in [1.807, 2.05) is 0 Å². The van der Waals surface area contributed by atoms with Crippen LogP contribution in [-0.2, 0) is 0 Å². The van der Waals surface area contributed by atoms with Crippen LogP contribution in [0.3, 0.4) is 0 Å². The zero-order chi connectivity index (χ0) is 16.6. The summed E-state index contributed by atoms with van der Waals surface area (Å²) < 4.78 is 66.8. The fourth-order valence-corrected chi connectivity index (χ4v) is 2.03. The van der Waals surface area contributed by atoms with Gasteiger partial charge in [0, 0.05) is 10.0 Å². The molecule has 116 valence electrons. The second-order valence-electron chi connectivity index (χ2n) is 4.26. The van der Waals surface area contributed by atoms with Gasteiger partial charge in [-0.05, 0) is 12.1 Å². The lowest BCUT2D eigenvalue weighted by Gasteiger charge is -2.13. The Kier molecular flexibility index (Phi) is 4.62. The quantitative estimate of drug-likeness (QED) is 0.377. The van der Waals surface area contributed by atoms with Crippen LogP contribution >= 0.6 is 15.9 Å². The van der Waals surface area contributed by atoms with Crippen molar-refractivity contribution in [2.75, 3.05) is 0 Å². The monoisotopic (exact) mass is 380 g/mol. The van der Waals surface area contributed by atoms with Crippen LogP contribution < -0.4 is 0 Å². The van der Waals surface area contributed by atoms with Gasteiger partial charge in [0.25, 0.3) is 0 Å². The molecule has 0 radical (unpaired) electrons. The predicted molar refractivity (Wildman–Crippen MR) is 69.7 cm³/mol. The van der Waals surface area contributed by atoms with Gasteiger partial charge >= 0.3 is 0 Å². The third-order valence-electron chi connectivity index (χ3n) is 2.89. The molecule has 2 aromatic rings. The van der Waals surface area contributed by atoms with Crippen LogP contribution in [0.4, 0.5) is 22.0 Å². The summed E-state index contributed by atoms with van der Waals surface area (Å²) in [5.74, 6) is -12.5. The molecule has 0 unspecified atom stereocenters. The minimum atomic E-state index is -2.52. The van der Waals surface area contributed by atoms with Crippen LogP contribution in [0.15, 0.2) is 28.7 Å². The number of carbonyl (C=O) groups is 1. The fraction of sp³-hybridized carbons (Fsp3) is 0.0714. The van der Waals surface area contributed by atoms with Gasteiger partial charge in [-0.2, -0.15) is 0 Å². The molecule has 0 fully saturated rings. The first-order chi connectivity index (χ1) is 10.3. The lowest BCUT2D eigenvalue weighted by molar-refractivity contribution is 0.0728. The second kappa shape index (κ2) is 6.13. The summed E-state index contributed by atoms with van der Waals surface area (Å²) in [6, 6.07) is 5.28. The van der Waals surface area contributed by atoms with Crippen molar-refractivity contribution >= 4 is 21.7 Å². The first-order valence-corrected chi connectivity index (χ1v) is 6.54. The number of benzene rings is 2. The molecule has 2 aromatic carbocycles. The van der Waals surface area contributed by atoms with Crippen molar-refractivity contribution in [3.05, 3.63) is 69.0 Å². The van der Waals surface area contributed by atoms with Crippen LogP contribution in [0, 0.1) is 29.1 Å². The molecule has 0 saturated heterocycles. The van der Waals surface area contributed by atoms with E-state index in [2.05, 4.69) is 15.9 Å². The Morgan fingerprint density at radius 3 is 1.73 bits per heavy atom. The highest BCUT2D eigenvalue weighted by Crippen LogP contribution is 2.29. The number of aliphatic hydroxyl groups is 1. The smallest absolute Gasteiger partial charge is 0.200 e. The van der Waals surface area contributed by atoms with Gasteiger partial charge in [-0.15, -0.1) is 0 Å². The molecule has 0 aliphatic heterocycles. The number of hydrogen-bond donors (Lipinski definition) is 1. The zero-order valence-corrected chi connectivity index (χ0v) is 12.1. The van der Waals surface area contributed by atoms with E-state index in [0.717, 1.165) is 0 Å². The third-order valence-corrected chi connectivity index (χ3v) is 3.42. The highest BCUT2D eigenvalue weighted by atomic mass is 79.9. The van der Waals surface area contributed by atoms with Crippen LogP contribution in [0.5, 0.6) is 0 Å². The third kappa shape index (κ3) is 2.76. The van der Waals surface area contributed by atoms with Gasteiger partial charge in [-0.3, -0.25) is 4.79 Å². The SMILES string of the molecule is O=C(c1ccc(Br)cc1)[C@H](O)c1c(F)c(F)c(F)c(F)c1F. The van der Waals surface area contributed by atoms with E-state index in [1.165, 1.54) is 24.3 Å². The molecule has 0 heterocycles. The van der Waals surface area contributed by atoms with Crippen molar-refractivity contribution in [1.29, 1.82) is 0 Å². The molecule has 0 aliphatic carbocycles. The molecule has 0 amide bonds. The highest BCUT2D eigenvalue weighted by Gasteiger charge is 2.33. The Balaban J connectivity index is 2.52. The van der Waals surface area contributed by atoms with E-state index < -0.39 is 46.5 Å². The molecule has 1 N–H and O–H groups in total. The van der Waals surface area contributed by atoms with Crippen molar-refractivity contribution in [2.24, 2.45) is 0 Å². The van der Waals surface area contributed by atoms with Crippen molar-refractivity contribution in [3.8, 4) is 0 Å². The van der Waals surface area contributed by atoms with Gasteiger partial charge < -0.3 is 5.11 Å². The molecule has 22 heavy (non-hydrogen) atoms. The van der Waals surface area contributed by atoms with Crippen LogP contribution in [0.2, 0.25) is 0 Å². The standard InChI is InChI=1S/C14H6BrF5O2/c15-6-3-1-5(2-4-6)13(21)14(22)7-8(16)10(18)12(20)11(19)9(7)17/h1-4,14,22H/t14-/m1/s1. The van der Waals surface area contributed by atoms with Crippen LogP contribution in [-0.4, -0.2) is 10.9 Å². The predicted octanol–water partition coefficient (Wildman–Crippen LogP) is 4.06. The van der Waals surface area contributed by atoms with E-state index in [1.54, 1.807) is 0 Å². The van der Waals surface area contributed by atoms with E-state index >= 15 is 0 Å². The average Bonchev–Trinajstić information content (AvgIpc) is 2.51. The topological polar surface area (TPSA) is 37.3 Å². The number of hydrogen-bond acceptors (Lipinski definition) is 2. The zero-order valence-electron chi connectivity index (χ0n) is 10.5. The largest absolute Gasteiger partial charge is 0.380 e. The maximum absolute atomic E-state index is 13.6. The van der Waals surface area contributed by atoms with Gasteiger partial charge in [-0.1, -0.05) is 28.1 Å². The summed E-state index contributed by atoms with van der Waals surface area (Å²) in [6.45, 7) is 0. The molecule has 2 rings (SSSR count). The van der Waals surface area contributed by atoms with Gasteiger partial charge in [0.15, 0.2) is 29.1 Å². The molecular formula is C14H6BrF5O2. The molecule has 0 spiro atoms. The van der Waals surface area contributed by atoms with Gasteiger partial charge in [0.1, 0.15) is 6.10 Å². The number of aliphatic hydroxyl groups excluding tert-OH is 1. The summed E-state index contributed by atoms with van der Waals surface area (Å²) in [5, 5.41) is 9.72. The number of rotatable bonds is 3. The van der Waals surface area contributed by atoms with Gasteiger partial charge in [0.2, 0.25) is 5.82 Å². The summed E-state index contributed by atoms with van der Waals surface area (Å²) in [7, 11) is 0. The summed E-state index contributed by atoms with van der Waals surface area (Å²) in [5.41, 5.74) is -1.73. The molecule has 0 aliphatic rings. The fourth-order valence-electron chi connectivity index (χ4n) is 1.77. The summed E-state index contributed by atoms with van der Waals surface area (Å²) in [6.07, 6.45) is -2.52. The first kappa shape index (κ1) is 16.6. The maximum Gasteiger partial charge on any atom is 0.200 e. The molecule has 1 atom stereocenters. The van der Waals surface area contributed by atoms with Crippen LogP contribution in [0.25, 0.3) is 0 Å². The molecule has 0 saturated carbocycles. The Bertz CT molecular complexity index is 717.